The number of carbonyl (C=O) groups excluding carboxylic acids is 2. The summed E-state index contributed by atoms with van der Waals surface area (Å²) in [6.07, 6.45) is 1.76. The second kappa shape index (κ2) is 10.7. The Hall–Kier alpha value is -2.69. The molecule has 3 aromatic heterocycles. The maximum absolute atomic E-state index is 12.9. The van der Waals surface area contributed by atoms with Crippen molar-refractivity contribution in [2.24, 2.45) is 0 Å². The molecule has 182 valence electrons. The summed E-state index contributed by atoms with van der Waals surface area (Å²) >= 11 is 7.39. The average Bonchev–Trinajstić information content (AvgIpc) is 3.54. The highest BCUT2D eigenvalue weighted by molar-refractivity contribution is 7.19. The smallest absolute Gasteiger partial charge is 0.356 e. The SMILES string of the molecule is CCOC(=O)c1cc(C(=O)NC2CCN(C(C)C)CC2)nn1Cc1cc(-c2ccc(Cl)s2)on1. The van der Waals surface area contributed by atoms with Gasteiger partial charge in [0.2, 0.25) is 0 Å². The van der Waals surface area contributed by atoms with Crippen LogP contribution in [0.25, 0.3) is 10.6 Å². The molecule has 1 aliphatic rings. The third-order valence-electron chi connectivity index (χ3n) is 5.78. The zero-order valence-corrected chi connectivity index (χ0v) is 21.0. The fourth-order valence-corrected chi connectivity index (χ4v) is 4.93. The van der Waals surface area contributed by atoms with Crippen molar-refractivity contribution < 1.29 is 18.8 Å². The highest BCUT2D eigenvalue weighted by Crippen LogP contribution is 2.31. The van der Waals surface area contributed by atoms with Crippen molar-refractivity contribution in [3.05, 3.63) is 45.7 Å². The van der Waals surface area contributed by atoms with Crippen LogP contribution in [0.4, 0.5) is 0 Å². The van der Waals surface area contributed by atoms with E-state index in [1.807, 2.05) is 6.07 Å². The van der Waals surface area contributed by atoms with E-state index in [4.69, 9.17) is 20.9 Å². The Kier molecular flexibility index (Phi) is 7.70. The Labute approximate surface area is 207 Å². The monoisotopic (exact) mass is 505 g/mol. The van der Waals surface area contributed by atoms with Crippen molar-refractivity contribution in [3.63, 3.8) is 0 Å². The van der Waals surface area contributed by atoms with Gasteiger partial charge in [-0.05, 0) is 45.7 Å². The first-order chi connectivity index (χ1) is 16.3. The van der Waals surface area contributed by atoms with E-state index in [1.165, 1.54) is 22.1 Å². The summed E-state index contributed by atoms with van der Waals surface area (Å²) in [6.45, 7) is 8.33. The lowest BCUT2D eigenvalue weighted by molar-refractivity contribution is 0.0512. The van der Waals surface area contributed by atoms with E-state index in [0.717, 1.165) is 30.8 Å². The molecule has 1 aliphatic heterocycles. The Morgan fingerprint density at radius 1 is 1.29 bits per heavy atom. The first-order valence-corrected chi connectivity index (χ1v) is 12.5. The number of nitrogens with zero attached hydrogens (tertiary/aromatic N) is 4. The molecule has 1 N–H and O–H groups in total. The number of hydrogen-bond acceptors (Lipinski definition) is 8. The molecule has 0 unspecified atom stereocenters. The molecule has 0 aromatic carbocycles. The van der Waals surface area contributed by atoms with E-state index in [0.29, 0.717) is 21.8 Å². The molecule has 4 heterocycles. The van der Waals surface area contributed by atoms with Gasteiger partial charge in [0.05, 0.1) is 22.4 Å². The van der Waals surface area contributed by atoms with E-state index < -0.39 is 5.97 Å². The summed E-state index contributed by atoms with van der Waals surface area (Å²) in [6, 6.07) is 7.44. The van der Waals surface area contributed by atoms with Crippen LogP contribution in [0.5, 0.6) is 0 Å². The van der Waals surface area contributed by atoms with Crippen molar-refractivity contribution in [1.29, 1.82) is 0 Å². The highest BCUT2D eigenvalue weighted by atomic mass is 35.5. The van der Waals surface area contributed by atoms with Crippen LogP contribution >= 0.6 is 22.9 Å². The molecule has 0 radical (unpaired) electrons. The summed E-state index contributed by atoms with van der Waals surface area (Å²) in [7, 11) is 0. The molecule has 11 heteroatoms. The van der Waals surface area contributed by atoms with Crippen molar-refractivity contribution >= 4 is 34.8 Å². The van der Waals surface area contributed by atoms with Crippen molar-refractivity contribution in [1.82, 2.24) is 25.2 Å². The molecule has 0 saturated carbocycles. The zero-order valence-electron chi connectivity index (χ0n) is 19.4. The largest absolute Gasteiger partial charge is 0.461 e. The molecule has 1 fully saturated rings. The number of likely N-dealkylation sites (tertiary alicyclic amines) is 1. The van der Waals surface area contributed by atoms with Crippen LogP contribution in [0, 0.1) is 0 Å². The summed E-state index contributed by atoms with van der Waals surface area (Å²) in [5, 5.41) is 11.5. The molecule has 0 bridgehead atoms. The van der Waals surface area contributed by atoms with Gasteiger partial charge in [-0.15, -0.1) is 11.3 Å². The van der Waals surface area contributed by atoms with E-state index >= 15 is 0 Å². The topological polar surface area (TPSA) is 102 Å². The van der Waals surface area contributed by atoms with Gasteiger partial charge in [-0.3, -0.25) is 9.48 Å². The van der Waals surface area contributed by atoms with Gasteiger partial charge in [0.1, 0.15) is 11.4 Å². The quantitative estimate of drug-likeness (QED) is 0.460. The molecule has 0 aliphatic carbocycles. The van der Waals surface area contributed by atoms with Gasteiger partial charge in [0, 0.05) is 37.3 Å². The van der Waals surface area contributed by atoms with Gasteiger partial charge in [0.25, 0.3) is 5.91 Å². The maximum Gasteiger partial charge on any atom is 0.356 e. The molecule has 1 amide bonds. The van der Waals surface area contributed by atoms with Gasteiger partial charge in [-0.2, -0.15) is 5.10 Å². The average molecular weight is 506 g/mol. The van der Waals surface area contributed by atoms with Crippen molar-refractivity contribution in [2.75, 3.05) is 19.7 Å². The first kappa shape index (κ1) is 24.4. The predicted octanol–water partition coefficient (Wildman–Crippen LogP) is 4.08. The predicted molar refractivity (Wildman–Crippen MR) is 129 cm³/mol. The Morgan fingerprint density at radius 3 is 2.71 bits per heavy atom. The standard InChI is InChI=1S/C23H28ClN5O4S/c1-4-32-23(31)18-12-17(22(30)25-15-7-9-28(10-8-15)14(2)3)26-29(18)13-16-11-19(33-27-16)20-5-6-21(24)34-20/h5-6,11-12,14-15H,4,7-10,13H2,1-3H3,(H,25,30). The molecule has 0 spiro atoms. The number of piperidine rings is 1. The summed E-state index contributed by atoms with van der Waals surface area (Å²) in [5.74, 6) is -0.281. The third kappa shape index (κ3) is 5.68. The number of esters is 1. The lowest BCUT2D eigenvalue weighted by Crippen LogP contribution is -2.46. The molecular weight excluding hydrogens is 478 g/mol. The minimum Gasteiger partial charge on any atom is -0.461 e. The second-order valence-electron chi connectivity index (χ2n) is 8.46. The minimum atomic E-state index is -0.548. The second-order valence-corrected chi connectivity index (χ2v) is 10.2. The Morgan fingerprint density at radius 2 is 2.06 bits per heavy atom. The molecule has 0 atom stereocenters. The molecule has 4 rings (SSSR count). The van der Waals surface area contributed by atoms with Gasteiger partial charge in [-0.1, -0.05) is 16.8 Å². The van der Waals surface area contributed by atoms with Gasteiger partial charge < -0.3 is 19.5 Å². The lowest BCUT2D eigenvalue weighted by Gasteiger charge is -2.34. The van der Waals surface area contributed by atoms with Gasteiger partial charge >= 0.3 is 5.97 Å². The Bertz CT molecular complexity index is 1150. The van der Waals surface area contributed by atoms with Gasteiger partial charge in [0.15, 0.2) is 11.5 Å². The van der Waals surface area contributed by atoms with Crippen LogP contribution in [0.3, 0.4) is 0 Å². The zero-order chi connectivity index (χ0) is 24.2. The molecular formula is C23H28ClN5O4S. The third-order valence-corrected chi connectivity index (χ3v) is 7.02. The first-order valence-electron chi connectivity index (χ1n) is 11.3. The van der Waals surface area contributed by atoms with Crippen LogP contribution in [0.1, 0.15) is 60.3 Å². The number of nitrogens with one attached hydrogen (secondary N) is 1. The van der Waals surface area contributed by atoms with E-state index in [9.17, 15) is 9.59 Å². The minimum absolute atomic E-state index is 0.0782. The number of aromatic nitrogens is 3. The van der Waals surface area contributed by atoms with Crippen molar-refractivity contribution in [3.8, 4) is 10.6 Å². The summed E-state index contributed by atoms with van der Waals surface area (Å²) in [5.41, 5.74) is 0.912. The molecule has 9 nitrogen and oxygen atoms in total. The van der Waals surface area contributed by atoms with Crippen LogP contribution in [-0.2, 0) is 11.3 Å². The Balaban J connectivity index is 1.49. The van der Waals surface area contributed by atoms with Crippen molar-refractivity contribution in [2.45, 2.75) is 52.2 Å². The molecule has 1 saturated heterocycles. The number of halogens is 1. The summed E-state index contributed by atoms with van der Waals surface area (Å²) in [4.78, 5) is 28.7. The van der Waals surface area contributed by atoms with Gasteiger partial charge in [-0.25, -0.2) is 4.79 Å². The fourth-order valence-electron chi connectivity index (χ4n) is 3.94. The number of thiophene rings is 1. The lowest BCUT2D eigenvalue weighted by atomic mass is 10.0. The number of ether oxygens (including phenoxy) is 1. The number of rotatable bonds is 8. The van der Waals surface area contributed by atoms with Crippen LogP contribution in [0.15, 0.2) is 28.8 Å². The number of amides is 1. The normalized spacial score (nSPS) is 15.1. The molecule has 3 aromatic rings. The maximum atomic E-state index is 12.9. The number of hydrogen-bond donors (Lipinski definition) is 1. The molecule has 34 heavy (non-hydrogen) atoms. The van der Waals surface area contributed by atoms with Crippen LogP contribution in [0.2, 0.25) is 4.34 Å². The number of carbonyl (C=O) groups is 2. The summed E-state index contributed by atoms with van der Waals surface area (Å²) < 4.78 is 12.7. The highest BCUT2D eigenvalue weighted by Gasteiger charge is 2.26. The van der Waals surface area contributed by atoms with Crippen LogP contribution in [-0.4, -0.2) is 63.5 Å². The van der Waals surface area contributed by atoms with Crippen LogP contribution < -0.4 is 5.32 Å². The van der Waals surface area contributed by atoms with E-state index in [2.05, 4.69) is 34.3 Å². The fraction of sp³-hybridized carbons (Fsp3) is 0.478. The van der Waals surface area contributed by atoms with E-state index in [-0.39, 0.29) is 36.5 Å². The van der Waals surface area contributed by atoms with E-state index in [1.54, 1.807) is 19.1 Å².